The first-order chi connectivity index (χ1) is 9.40. The van der Waals surface area contributed by atoms with E-state index in [0.717, 1.165) is 16.4 Å². The molecule has 20 heavy (non-hydrogen) atoms. The molecule has 1 aliphatic heterocycles. The smallest absolute Gasteiger partial charge is 0.237 e. The van der Waals surface area contributed by atoms with Crippen LogP contribution in [0.25, 0.3) is 0 Å². The maximum absolute atomic E-state index is 13.1. The molecule has 0 amide bonds. The third kappa shape index (κ3) is 3.44. The number of ether oxygens (including phenoxy) is 2. The Bertz CT molecular complexity index is 573. The normalized spacial score (nSPS) is 19.9. The SMILES string of the molecule is CN(c1ccc(F)c(F)c1)S(=O)(=O)CC1COCCO1. The number of nitrogens with zero attached hydrogens (tertiary/aromatic N) is 1. The Morgan fingerprint density at radius 2 is 2.05 bits per heavy atom. The van der Waals surface area contributed by atoms with Gasteiger partial charge >= 0.3 is 0 Å². The van der Waals surface area contributed by atoms with Crippen molar-refractivity contribution in [3.05, 3.63) is 29.8 Å². The van der Waals surface area contributed by atoms with Gasteiger partial charge in [-0.2, -0.15) is 0 Å². The molecule has 0 radical (unpaired) electrons. The highest BCUT2D eigenvalue weighted by Gasteiger charge is 2.26. The van der Waals surface area contributed by atoms with Crippen molar-refractivity contribution in [1.82, 2.24) is 0 Å². The molecule has 1 aliphatic rings. The van der Waals surface area contributed by atoms with E-state index >= 15 is 0 Å². The topological polar surface area (TPSA) is 55.8 Å². The van der Waals surface area contributed by atoms with Gasteiger partial charge in [-0.1, -0.05) is 0 Å². The van der Waals surface area contributed by atoms with Crippen molar-refractivity contribution < 1.29 is 26.7 Å². The van der Waals surface area contributed by atoms with Crippen molar-refractivity contribution in [2.75, 3.05) is 36.9 Å². The molecule has 0 saturated carbocycles. The summed E-state index contributed by atoms with van der Waals surface area (Å²) in [6, 6.07) is 2.93. The van der Waals surface area contributed by atoms with Crippen LogP contribution in [0.5, 0.6) is 0 Å². The Morgan fingerprint density at radius 1 is 1.30 bits per heavy atom. The van der Waals surface area contributed by atoms with Crippen molar-refractivity contribution in [2.24, 2.45) is 0 Å². The summed E-state index contributed by atoms with van der Waals surface area (Å²) in [5, 5.41) is 0. The van der Waals surface area contributed by atoms with Gasteiger partial charge in [0.25, 0.3) is 0 Å². The van der Waals surface area contributed by atoms with E-state index in [0.29, 0.717) is 13.2 Å². The van der Waals surface area contributed by atoms with E-state index in [2.05, 4.69) is 0 Å². The molecule has 0 spiro atoms. The van der Waals surface area contributed by atoms with Crippen molar-refractivity contribution >= 4 is 15.7 Å². The molecular weight excluding hydrogens is 292 g/mol. The average molecular weight is 307 g/mol. The van der Waals surface area contributed by atoms with Gasteiger partial charge in [-0.3, -0.25) is 4.31 Å². The molecule has 5 nitrogen and oxygen atoms in total. The maximum atomic E-state index is 13.1. The lowest BCUT2D eigenvalue weighted by molar-refractivity contribution is -0.0782. The van der Waals surface area contributed by atoms with E-state index < -0.39 is 27.8 Å². The molecule has 1 heterocycles. The van der Waals surface area contributed by atoms with Crippen LogP contribution in [0.1, 0.15) is 0 Å². The number of hydrogen-bond acceptors (Lipinski definition) is 4. The second-order valence-corrected chi connectivity index (χ2v) is 6.46. The summed E-state index contributed by atoms with van der Waals surface area (Å²) in [5.41, 5.74) is 0.0561. The summed E-state index contributed by atoms with van der Waals surface area (Å²) >= 11 is 0. The van der Waals surface area contributed by atoms with Crippen LogP contribution in [0, 0.1) is 11.6 Å². The molecule has 1 saturated heterocycles. The molecule has 1 fully saturated rings. The predicted molar refractivity (Wildman–Crippen MR) is 69.1 cm³/mol. The third-order valence-electron chi connectivity index (χ3n) is 2.97. The Balaban J connectivity index is 2.13. The van der Waals surface area contributed by atoms with Crippen LogP contribution in [0.2, 0.25) is 0 Å². The molecule has 2 rings (SSSR count). The largest absolute Gasteiger partial charge is 0.376 e. The summed E-state index contributed by atoms with van der Waals surface area (Å²) < 4.78 is 61.7. The van der Waals surface area contributed by atoms with Gasteiger partial charge in [0, 0.05) is 13.1 Å². The lowest BCUT2D eigenvalue weighted by atomic mass is 10.3. The van der Waals surface area contributed by atoms with Gasteiger partial charge < -0.3 is 9.47 Å². The minimum atomic E-state index is -3.70. The van der Waals surface area contributed by atoms with E-state index in [4.69, 9.17) is 9.47 Å². The fourth-order valence-electron chi connectivity index (χ4n) is 1.82. The first-order valence-electron chi connectivity index (χ1n) is 6.01. The van der Waals surface area contributed by atoms with Crippen LogP contribution in [0.3, 0.4) is 0 Å². The second-order valence-electron chi connectivity index (χ2n) is 4.41. The molecule has 1 aromatic carbocycles. The van der Waals surface area contributed by atoms with Gasteiger partial charge in [0.15, 0.2) is 11.6 Å². The van der Waals surface area contributed by atoms with E-state index in [1.54, 1.807) is 0 Å². The standard InChI is InChI=1S/C12H15F2NO4S/c1-15(9-2-3-11(13)12(14)6-9)20(16,17)8-10-7-18-4-5-19-10/h2-3,6,10H,4-5,7-8H2,1H3. The number of rotatable bonds is 4. The van der Waals surface area contributed by atoms with Crippen molar-refractivity contribution in [3.8, 4) is 0 Å². The summed E-state index contributed by atoms with van der Waals surface area (Å²) in [6.45, 7) is 0.982. The average Bonchev–Trinajstić information content (AvgIpc) is 2.41. The van der Waals surface area contributed by atoms with Crippen LogP contribution in [-0.2, 0) is 19.5 Å². The molecule has 1 aromatic rings. The Hall–Kier alpha value is -1.25. The third-order valence-corrected chi connectivity index (χ3v) is 4.80. The molecule has 1 unspecified atom stereocenters. The highest BCUT2D eigenvalue weighted by Crippen LogP contribution is 2.20. The molecular formula is C12H15F2NO4S. The zero-order chi connectivity index (χ0) is 14.8. The van der Waals surface area contributed by atoms with E-state index in [1.807, 2.05) is 0 Å². The van der Waals surface area contributed by atoms with Crippen LogP contribution in [0.4, 0.5) is 14.5 Å². The number of halogens is 2. The van der Waals surface area contributed by atoms with Crippen LogP contribution in [0.15, 0.2) is 18.2 Å². The van der Waals surface area contributed by atoms with E-state index in [-0.39, 0.29) is 18.0 Å². The summed E-state index contributed by atoms with van der Waals surface area (Å²) in [4.78, 5) is 0. The summed E-state index contributed by atoms with van der Waals surface area (Å²) in [5.74, 6) is -2.40. The first kappa shape index (κ1) is 15.1. The lowest BCUT2D eigenvalue weighted by Crippen LogP contribution is -2.40. The van der Waals surface area contributed by atoms with Gasteiger partial charge in [-0.15, -0.1) is 0 Å². The van der Waals surface area contributed by atoms with Crippen LogP contribution < -0.4 is 4.31 Å². The minimum absolute atomic E-state index is 0.0561. The summed E-state index contributed by atoms with van der Waals surface area (Å²) in [6.07, 6.45) is -0.554. The monoisotopic (exact) mass is 307 g/mol. The molecule has 0 aromatic heterocycles. The van der Waals surface area contributed by atoms with Crippen LogP contribution in [-0.4, -0.2) is 47.1 Å². The van der Waals surface area contributed by atoms with Gasteiger partial charge in [-0.25, -0.2) is 17.2 Å². The highest BCUT2D eigenvalue weighted by molar-refractivity contribution is 7.92. The quantitative estimate of drug-likeness (QED) is 0.837. The van der Waals surface area contributed by atoms with Crippen LogP contribution >= 0.6 is 0 Å². The Labute approximate surface area is 116 Å². The lowest BCUT2D eigenvalue weighted by Gasteiger charge is -2.26. The fraction of sp³-hybridized carbons (Fsp3) is 0.500. The number of hydrogen-bond donors (Lipinski definition) is 0. The highest BCUT2D eigenvalue weighted by atomic mass is 32.2. The van der Waals surface area contributed by atoms with Gasteiger partial charge in [-0.05, 0) is 12.1 Å². The molecule has 0 aliphatic carbocycles. The van der Waals surface area contributed by atoms with Gasteiger partial charge in [0.2, 0.25) is 10.0 Å². The Kier molecular flexibility index (Phi) is 4.56. The van der Waals surface area contributed by atoms with Gasteiger partial charge in [0.1, 0.15) is 0 Å². The van der Waals surface area contributed by atoms with E-state index in [9.17, 15) is 17.2 Å². The molecule has 0 N–H and O–H groups in total. The van der Waals surface area contributed by atoms with Crippen molar-refractivity contribution in [2.45, 2.75) is 6.10 Å². The number of sulfonamides is 1. The van der Waals surface area contributed by atoms with Gasteiger partial charge in [0.05, 0.1) is 37.4 Å². The van der Waals surface area contributed by atoms with Crippen molar-refractivity contribution in [1.29, 1.82) is 0 Å². The molecule has 0 bridgehead atoms. The Morgan fingerprint density at radius 3 is 2.65 bits per heavy atom. The van der Waals surface area contributed by atoms with E-state index in [1.165, 1.54) is 13.1 Å². The summed E-state index contributed by atoms with van der Waals surface area (Å²) in [7, 11) is -2.42. The second kappa shape index (κ2) is 6.02. The maximum Gasteiger partial charge on any atom is 0.237 e. The predicted octanol–water partition coefficient (Wildman–Crippen LogP) is 1.15. The fourth-order valence-corrected chi connectivity index (χ4v) is 3.14. The first-order valence-corrected chi connectivity index (χ1v) is 7.62. The minimum Gasteiger partial charge on any atom is -0.376 e. The zero-order valence-electron chi connectivity index (χ0n) is 10.9. The number of benzene rings is 1. The number of anilines is 1. The molecule has 112 valence electrons. The zero-order valence-corrected chi connectivity index (χ0v) is 11.7. The molecule has 1 atom stereocenters. The van der Waals surface area contributed by atoms with Crippen molar-refractivity contribution in [3.63, 3.8) is 0 Å². The molecule has 8 heteroatoms.